The smallest absolute Gasteiger partial charge is 0.450 e. The molecule has 0 aromatic heterocycles. The van der Waals surface area contributed by atoms with Crippen LogP contribution in [0, 0.1) is 0 Å². The normalized spacial score (nSPS) is 16.2. The van der Waals surface area contributed by atoms with Crippen LogP contribution in [0.5, 0.6) is 0 Å². The summed E-state index contributed by atoms with van der Waals surface area (Å²) in [6.45, 7) is 0. The molecule has 0 fully saturated rings. The zero-order valence-corrected chi connectivity index (χ0v) is 15.2. The van der Waals surface area contributed by atoms with Gasteiger partial charge in [-0.25, -0.2) is 4.79 Å². The van der Waals surface area contributed by atoms with Crippen molar-refractivity contribution in [3.63, 3.8) is 0 Å². The zero-order valence-electron chi connectivity index (χ0n) is 12.1. The molecule has 1 aliphatic rings. The summed E-state index contributed by atoms with van der Waals surface area (Å²) in [6.07, 6.45) is -2.52. The fourth-order valence-electron chi connectivity index (χ4n) is 3.15. The molecule has 126 valence electrons. The first-order valence-corrected chi connectivity index (χ1v) is 8.66. The van der Waals surface area contributed by atoms with Gasteiger partial charge in [-0.05, 0) is 22.3 Å². The molecule has 2 aromatic carbocycles. The first-order valence-electron chi connectivity index (χ1n) is 7.09. The molecule has 0 aliphatic heterocycles. The molecule has 2 atom stereocenters. The number of benzene rings is 2. The van der Waals surface area contributed by atoms with Crippen molar-refractivity contribution in [2.45, 2.75) is 21.2 Å². The van der Waals surface area contributed by atoms with Crippen LogP contribution in [0.1, 0.15) is 17.0 Å². The lowest BCUT2D eigenvalue weighted by Crippen LogP contribution is -2.40. The molecule has 3 rings (SSSR count). The summed E-state index contributed by atoms with van der Waals surface area (Å²) in [5, 5.41) is 7.98. The lowest BCUT2D eigenvalue weighted by molar-refractivity contribution is 0.0438. The number of carbonyl (C=O) groups is 1. The number of halogens is 4. The minimum atomic E-state index is -1.88. The van der Waals surface area contributed by atoms with Gasteiger partial charge in [0.05, 0.1) is 0 Å². The number of rotatable bonds is 3. The van der Waals surface area contributed by atoms with E-state index < -0.39 is 27.3 Å². The summed E-state index contributed by atoms with van der Waals surface area (Å²) < 4.78 is 3.19. The second-order valence-corrected chi connectivity index (χ2v) is 8.28. The summed E-state index contributed by atoms with van der Waals surface area (Å²) >= 11 is 24.1. The van der Waals surface area contributed by atoms with Gasteiger partial charge in [-0.2, -0.15) is 0 Å². The van der Waals surface area contributed by atoms with Crippen molar-refractivity contribution in [2.75, 3.05) is 0 Å². The van der Waals surface area contributed by atoms with Crippen LogP contribution in [0.2, 0.25) is 0 Å². The second kappa shape index (κ2) is 6.64. The predicted molar refractivity (Wildman–Crippen MR) is 96.5 cm³/mol. The Balaban J connectivity index is 2.15. The van der Waals surface area contributed by atoms with E-state index in [2.05, 4.69) is 0 Å². The van der Waals surface area contributed by atoms with Crippen molar-refractivity contribution < 1.29 is 14.6 Å². The molecule has 0 bridgehead atoms. The van der Waals surface area contributed by atoms with Gasteiger partial charge in [0.25, 0.3) is 0 Å². The molecule has 7 heteroatoms. The zero-order chi connectivity index (χ0) is 17.5. The van der Waals surface area contributed by atoms with Gasteiger partial charge in [0.1, 0.15) is 11.5 Å². The molecule has 0 saturated heterocycles. The molecule has 2 aromatic rings. The molecule has 0 spiro atoms. The molecular weight excluding hydrogens is 394 g/mol. The summed E-state index contributed by atoms with van der Waals surface area (Å²) in [4.78, 5) is 11.2. The van der Waals surface area contributed by atoms with E-state index in [1.807, 2.05) is 48.5 Å². The summed E-state index contributed by atoms with van der Waals surface area (Å²) in [5.74, 6) is -0.452. The van der Waals surface area contributed by atoms with Crippen LogP contribution >= 0.6 is 46.4 Å². The van der Waals surface area contributed by atoms with Crippen LogP contribution < -0.4 is 0 Å². The maximum absolute atomic E-state index is 11.2. The highest BCUT2D eigenvalue weighted by Crippen LogP contribution is 2.50. The number of hydrogen-bond acceptors (Lipinski definition) is 2. The van der Waals surface area contributed by atoms with Crippen molar-refractivity contribution in [1.29, 1.82) is 0 Å². The Bertz CT molecular complexity index is 727. The van der Waals surface area contributed by atoms with Crippen LogP contribution in [-0.2, 0) is 4.74 Å². The third kappa shape index (κ3) is 3.18. The molecule has 3 nitrogen and oxygen atoms in total. The molecule has 1 N–H and O–H groups in total. The topological polar surface area (TPSA) is 46.5 Å². The molecular formula is C17H12Cl4O3. The first-order chi connectivity index (χ1) is 11.3. The number of fused-ring (bicyclic) bond motifs is 3. The Morgan fingerprint density at radius 3 is 1.88 bits per heavy atom. The van der Waals surface area contributed by atoms with Gasteiger partial charge in [-0.15, -0.1) is 11.6 Å². The van der Waals surface area contributed by atoms with Gasteiger partial charge in [-0.1, -0.05) is 83.3 Å². The third-order valence-corrected chi connectivity index (χ3v) is 5.66. The van der Waals surface area contributed by atoms with E-state index in [-0.39, 0.29) is 0 Å². The van der Waals surface area contributed by atoms with Gasteiger partial charge >= 0.3 is 6.16 Å². The largest absolute Gasteiger partial charge is 0.506 e. The molecule has 0 amide bonds. The highest BCUT2D eigenvalue weighted by Gasteiger charge is 2.47. The monoisotopic (exact) mass is 404 g/mol. The van der Waals surface area contributed by atoms with Gasteiger partial charge in [-0.3, -0.25) is 0 Å². The van der Waals surface area contributed by atoms with Crippen molar-refractivity contribution in [2.24, 2.45) is 0 Å². The van der Waals surface area contributed by atoms with E-state index in [0.717, 1.165) is 22.3 Å². The second-order valence-electron chi connectivity index (χ2n) is 5.44. The SMILES string of the molecule is O=C(O)OC(C1c2ccccc2-c2ccccc21)C(Cl)C(Cl)(Cl)Cl. The highest BCUT2D eigenvalue weighted by molar-refractivity contribution is 6.70. The van der Waals surface area contributed by atoms with Crippen LogP contribution in [0.4, 0.5) is 4.79 Å². The standard InChI is InChI=1S/C17H12Cl4O3/c18-15(17(19,20)21)14(24-16(22)23)13-11-7-3-1-5-9(11)10-6-2-4-8-12(10)13/h1-8,13-15H,(H,22,23). The Labute approximate surface area is 159 Å². The van der Waals surface area contributed by atoms with Crippen LogP contribution in [0.25, 0.3) is 11.1 Å². The molecule has 0 saturated carbocycles. The first kappa shape index (κ1) is 17.7. The Morgan fingerprint density at radius 1 is 1.00 bits per heavy atom. The van der Waals surface area contributed by atoms with Gasteiger partial charge in [0.2, 0.25) is 3.79 Å². The number of carboxylic acid groups (broad SMARTS) is 1. The van der Waals surface area contributed by atoms with Crippen molar-refractivity contribution >= 4 is 52.6 Å². The summed E-state index contributed by atoms with van der Waals surface area (Å²) in [5.41, 5.74) is 3.77. The summed E-state index contributed by atoms with van der Waals surface area (Å²) in [6, 6.07) is 15.3. The molecule has 0 heterocycles. The fourth-order valence-corrected chi connectivity index (χ4v) is 3.72. The van der Waals surface area contributed by atoms with Gasteiger partial charge in [0, 0.05) is 5.92 Å². The van der Waals surface area contributed by atoms with Gasteiger partial charge in [0.15, 0.2) is 0 Å². The number of ether oxygens (including phenoxy) is 1. The van der Waals surface area contributed by atoms with E-state index in [0.29, 0.717) is 0 Å². The van der Waals surface area contributed by atoms with E-state index in [4.69, 9.17) is 56.2 Å². The van der Waals surface area contributed by atoms with Crippen LogP contribution in [0.15, 0.2) is 48.5 Å². The maximum atomic E-state index is 11.2. The Kier molecular flexibility index (Phi) is 4.89. The van der Waals surface area contributed by atoms with Gasteiger partial charge < -0.3 is 9.84 Å². The Hall–Kier alpha value is -1.13. The molecule has 24 heavy (non-hydrogen) atoms. The Morgan fingerprint density at radius 2 is 1.46 bits per heavy atom. The minimum absolute atomic E-state index is 0.452. The van der Waals surface area contributed by atoms with E-state index in [9.17, 15) is 4.79 Å². The number of alkyl halides is 4. The average molecular weight is 406 g/mol. The van der Waals surface area contributed by atoms with Crippen LogP contribution in [0.3, 0.4) is 0 Å². The molecule has 1 aliphatic carbocycles. The van der Waals surface area contributed by atoms with Crippen LogP contribution in [-0.4, -0.2) is 26.5 Å². The lowest BCUT2D eigenvalue weighted by Gasteiger charge is -2.31. The average Bonchev–Trinajstić information content (AvgIpc) is 2.85. The quantitative estimate of drug-likeness (QED) is 0.515. The molecule has 0 radical (unpaired) electrons. The minimum Gasteiger partial charge on any atom is -0.450 e. The fraction of sp³-hybridized carbons (Fsp3) is 0.235. The van der Waals surface area contributed by atoms with Crippen molar-refractivity contribution in [3.8, 4) is 11.1 Å². The predicted octanol–water partition coefficient (Wildman–Crippen LogP) is 5.84. The highest BCUT2D eigenvalue weighted by atomic mass is 35.6. The summed E-state index contributed by atoms with van der Waals surface area (Å²) in [7, 11) is 0. The van der Waals surface area contributed by atoms with E-state index in [1.165, 1.54) is 0 Å². The molecule has 2 unspecified atom stereocenters. The number of hydrogen-bond donors (Lipinski definition) is 1. The van der Waals surface area contributed by atoms with Crippen molar-refractivity contribution in [1.82, 2.24) is 0 Å². The van der Waals surface area contributed by atoms with E-state index in [1.54, 1.807) is 0 Å². The van der Waals surface area contributed by atoms with Crippen molar-refractivity contribution in [3.05, 3.63) is 59.7 Å². The lowest BCUT2D eigenvalue weighted by atomic mass is 9.89. The van der Waals surface area contributed by atoms with E-state index >= 15 is 0 Å². The third-order valence-electron chi connectivity index (χ3n) is 4.05. The maximum Gasteiger partial charge on any atom is 0.506 e.